The minimum atomic E-state index is -0.213. The van der Waals surface area contributed by atoms with Crippen LogP contribution in [0.5, 0.6) is 0 Å². The Kier molecular flexibility index (Phi) is 5.54. The van der Waals surface area contributed by atoms with Gasteiger partial charge in [0.05, 0.1) is 11.4 Å². The number of thiazole rings is 1. The lowest BCUT2D eigenvalue weighted by molar-refractivity contribution is -0.110. The standard InChI is InChI=1S/C21H19BrN4OS/c1-2-3-12-26-18(14-8-10-15(22)11-9-14)13-28-21(26)25-24-19-16-6-4-5-7-17(16)23-20(19)27/h4-11,13H,2-3,12H2,1H3,(H,23,24,27)/b25-21+. The van der Waals surface area contributed by atoms with E-state index in [-0.39, 0.29) is 5.91 Å². The Bertz CT molecular complexity index is 1110. The highest BCUT2D eigenvalue weighted by Gasteiger charge is 2.25. The Morgan fingerprint density at radius 2 is 1.89 bits per heavy atom. The third kappa shape index (κ3) is 3.72. The third-order valence-electron chi connectivity index (χ3n) is 4.55. The second-order valence-electron chi connectivity index (χ2n) is 6.46. The van der Waals surface area contributed by atoms with Gasteiger partial charge in [0.2, 0.25) is 4.80 Å². The van der Waals surface area contributed by atoms with E-state index in [1.165, 1.54) is 11.3 Å². The van der Waals surface area contributed by atoms with Crippen LogP contribution >= 0.6 is 27.3 Å². The van der Waals surface area contributed by atoms with Gasteiger partial charge < -0.3 is 9.88 Å². The van der Waals surface area contributed by atoms with Crippen LogP contribution in [0.25, 0.3) is 11.3 Å². The number of nitrogens with one attached hydrogen (secondary N) is 1. The number of aromatic nitrogens is 1. The normalized spacial score (nSPS) is 15.1. The number of amides is 1. The van der Waals surface area contributed by atoms with E-state index in [9.17, 15) is 4.79 Å². The van der Waals surface area contributed by atoms with Crippen molar-refractivity contribution >= 4 is 44.6 Å². The van der Waals surface area contributed by atoms with Crippen LogP contribution in [0, 0.1) is 0 Å². The molecular weight excluding hydrogens is 436 g/mol. The van der Waals surface area contributed by atoms with Crippen molar-refractivity contribution < 1.29 is 4.79 Å². The molecule has 0 radical (unpaired) electrons. The maximum absolute atomic E-state index is 12.3. The van der Waals surface area contributed by atoms with Crippen LogP contribution in [0.3, 0.4) is 0 Å². The summed E-state index contributed by atoms with van der Waals surface area (Å²) < 4.78 is 3.23. The topological polar surface area (TPSA) is 58.8 Å². The zero-order valence-corrected chi connectivity index (χ0v) is 17.8. The molecule has 4 rings (SSSR count). The number of unbranched alkanes of at least 4 members (excludes halogenated alkanes) is 1. The number of para-hydroxylation sites is 1. The van der Waals surface area contributed by atoms with E-state index in [2.05, 4.69) is 60.5 Å². The molecule has 1 amide bonds. The van der Waals surface area contributed by atoms with Gasteiger partial charge in [-0.25, -0.2) is 0 Å². The van der Waals surface area contributed by atoms with Crippen LogP contribution in [-0.2, 0) is 11.3 Å². The molecule has 1 aromatic heterocycles. The van der Waals surface area contributed by atoms with E-state index < -0.39 is 0 Å². The summed E-state index contributed by atoms with van der Waals surface area (Å²) >= 11 is 5.02. The van der Waals surface area contributed by atoms with E-state index in [4.69, 9.17) is 0 Å². The predicted molar refractivity (Wildman–Crippen MR) is 118 cm³/mol. The summed E-state index contributed by atoms with van der Waals surface area (Å²) in [5.41, 5.74) is 4.18. The van der Waals surface area contributed by atoms with Gasteiger partial charge in [0.1, 0.15) is 0 Å². The van der Waals surface area contributed by atoms with Crippen molar-refractivity contribution in [3.05, 3.63) is 68.7 Å². The number of nitrogens with zero attached hydrogens (tertiary/aromatic N) is 3. The Balaban J connectivity index is 1.77. The molecule has 0 aliphatic carbocycles. The number of halogens is 1. The number of rotatable bonds is 5. The van der Waals surface area contributed by atoms with Gasteiger partial charge in [-0.05, 0) is 30.2 Å². The minimum Gasteiger partial charge on any atom is -0.320 e. The summed E-state index contributed by atoms with van der Waals surface area (Å²) in [6.45, 7) is 3.03. The fourth-order valence-electron chi connectivity index (χ4n) is 3.09. The fourth-order valence-corrected chi connectivity index (χ4v) is 4.24. The molecule has 2 aromatic carbocycles. The van der Waals surface area contributed by atoms with Crippen LogP contribution in [0.1, 0.15) is 25.3 Å². The van der Waals surface area contributed by atoms with Gasteiger partial charge in [-0.3, -0.25) is 4.79 Å². The molecule has 2 heterocycles. The molecule has 3 aromatic rings. The number of carbonyl (C=O) groups is 1. The van der Waals surface area contributed by atoms with Crippen molar-refractivity contribution in [3.8, 4) is 11.3 Å². The molecule has 1 aliphatic heterocycles. The first-order chi connectivity index (χ1) is 13.7. The van der Waals surface area contributed by atoms with E-state index in [1.54, 1.807) is 0 Å². The molecule has 0 atom stereocenters. The second kappa shape index (κ2) is 8.24. The van der Waals surface area contributed by atoms with E-state index in [0.29, 0.717) is 5.71 Å². The molecule has 0 spiro atoms. The third-order valence-corrected chi connectivity index (χ3v) is 5.94. The molecular formula is C21H19BrN4OS. The molecule has 0 saturated carbocycles. The molecule has 0 saturated heterocycles. The smallest absolute Gasteiger partial charge is 0.276 e. The highest BCUT2D eigenvalue weighted by atomic mass is 79.9. The number of hydrogen-bond acceptors (Lipinski definition) is 4. The van der Waals surface area contributed by atoms with Crippen LogP contribution in [-0.4, -0.2) is 16.2 Å². The van der Waals surface area contributed by atoms with Crippen molar-refractivity contribution in [3.63, 3.8) is 0 Å². The Morgan fingerprint density at radius 3 is 2.68 bits per heavy atom. The van der Waals surface area contributed by atoms with Gasteiger partial charge >= 0.3 is 0 Å². The quantitative estimate of drug-likeness (QED) is 0.539. The van der Waals surface area contributed by atoms with Crippen LogP contribution in [0.2, 0.25) is 0 Å². The maximum Gasteiger partial charge on any atom is 0.276 e. The monoisotopic (exact) mass is 454 g/mol. The first-order valence-electron chi connectivity index (χ1n) is 9.14. The summed E-state index contributed by atoms with van der Waals surface area (Å²) in [6.07, 6.45) is 2.14. The minimum absolute atomic E-state index is 0.213. The van der Waals surface area contributed by atoms with Crippen LogP contribution in [0.4, 0.5) is 5.69 Å². The van der Waals surface area contributed by atoms with Gasteiger partial charge in [0.25, 0.3) is 5.91 Å². The number of carbonyl (C=O) groups excluding carboxylic acids is 1. The Labute approximate surface area is 175 Å². The summed E-state index contributed by atoms with van der Waals surface area (Å²) in [5, 5.41) is 13.7. The Hall–Kier alpha value is -2.51. The van der Waals surface area contributed by atoms with Gasteiger partial charge in [0.15, 0.2) is 5.71 Å². The number of fused-ring (bicyclic) bond motifs is 1. The van der Waals surface area contributed by atoms with Crippen LogP contribution < -0.4 is 10.1 Å². The first kappa shape index (κ1) is 18.8. The Morgan fingerprint density at radius 1 is 1.11 bits per heavy atom. The molecule has 0 bridgehead atoms. The van der Waals surface area contributed by atoms with Crippen molar-refractivity contribution in [1.29, 1.82) is 0 Å². The van der Waals surface area contributed by atoms with Gasteiger partial charge in [-0.15, -0.1) is 21.5 Å². The van der Waals surface area contributed by atoms with Crippen molar-refractivity contribution in [2.45, 2.75) is 26.3 Å². The highest BCUT2D eigenvalue weighted by Crippen LogP contribution is 2.24. The summed E-state index contributed by atoms with van der Waals surface area (Å²) in [7, 11) is 0. The highest BCUT2D eigenvalue weighted by molar-refractivity contribution is 9.10. The molecule has 0 fully saturated rings. The molecule has 0 unspecified atom stereocenters. The SMILES string of the molecule is CCCCn1c(-c2ccc(Br)cc2)cs/c1=N/N=C1\C(=O)Nc2ccccc21. The molecule has 5 nitrogen and oxygen atoms in total. The van der Waals surface area contributed by atoms with Gasteiger partial charge in [-0.1, -0.05) is 59.6 Å². The lowest BCUT2D eigenvalue weighted by Crippen LogP contribution is -2.17. The average molecular weight is 455 g/mol. The summed E-state index contributed by atoms with van der Waals surface area (Å²) in [5.74, 6) is -0.213. The lowest BCUT2D eigenvalue weighted by atomic mass is 10.1. The molecule has 28 heavy (non-hydrogen) atoms. The number of anilines is 1. The summed E-state index contributed by atoms with van der Waals surface area (Å²) in [4.78, 5) is 13.0. The maximum atomic E-state index is 12.3. The summed E-state index contributed by atoms with van der Waals surface area (Å²) in [6, 6.07) is 15.8. The average Bonchev–Trinajstić information content (AvgIpc) is 3.25. The van der Waals surface area contributed by atoms with Gasteiger partial charge in [0, 0.05) is 22.0 Å². The second-order valence-corrected chi connectivity index (χ2v) is 8.22. The zero-order chi connectivity index (χ0) is 19.5. The van der Waals surface area contributed by atoms with Crippen LogP contribution in [0.15, 0.2) is 68.6 Å². The first-order valence-corrected chi connectivity index (χ1v) is 10.8. The van der Waals surface area contributed by atoms with E-state index >= 15 is 0 Å². The fraction of sp³-hybridized carbons (Fsp3) is 0.190. The van der Waals surface area contributed by atoms with Crippen molar-refractivity contribution in [2.75, 3.05) is 5.32 Å². The molecule has 142 valence electrons. The van der Waals surface area contributed by atoms with Crippen molar-refractivity contribution in [2.24, 2.45) is 10.2 Å². The van der Waals surface area contributed by atoms with E-state index in [1.807, 2.05) is 36.4 Å². The molecule has 1 N–H and O–H groups in total. The molecule has 7 heteroatoms. The molecule has 1 aliphatic rings. The zero-order valence-electron chi connectivity index (χ0n) is 15.4. The lowest BCUT2D eigenvalue weighted by Gasteiger charge is -2.08. The largest absolute Gasteiger partial charge is 0.320 e. The van der Waals surface area contributed by atoms with Gasteiger partial charge in [-0.2, -0.15) is 0 Å². The number of hydrogen-bond donors (Lipinski definition) is 1. The number of benzene rings is 2. The van der Waals surface area contributed by atoms with Crippen molar-refractivity contribution in [1.82, 2.24) is 4.57 Å². The predicted octanol–water partition coefficient (Wildman–Crippen LogP) is 5.04. The van der Waals surface area contributed by atoms with E-state index in [0.717, 1.165) is 51.2 Å².